The van der Waals surface area contributed by atoms with Gasteiger partial charge in [-0.15, -0.1) is 0 Å². The van der Waals surface area contributed by atoms with Gasteiger partial charge in [-0.25, -0.2) is 0 Å². The number of nitro benzene ring substituents is 1. The Bertz CT molecular complexity index is 834. The number of non-ortho nitro benzene ring substituents is 1. The summed E-state index contributed by atoms with van der Waals surface area (Å²) in [4.78, 5) is 21.0. The summed E-state index contributed by atoms with van der Waals surface area (Å²) < 4.78 is 5.47. The Hall–Kier alpha value is -3.21. The molecule has 3 aromatic rings. The van der Waals surface area contributed by atoms with Gasteiger partial charge in [-0.1, -0.05) is 24.3 Å². The van der Waals surface area contributed by atoms with E-state index < -0.39 is 4.92 Å². The molecule has 3 rings (SSSR count). The third kappa shape index (κ3) is 2.52. The summed E-state index contributed by atoms with van der Waals surface area (Å²) in [6.45, 7) is 0. The van der Waals surface area contributed by atoms with Gasteiger partial charge in [0.15, 0.2) is 12.0 Å². The zero-order valence-corrected chi connectivity index (χ0v) is 11.4. The molecular weight excluding hydrogens is 282 g/mol. The third-order valence-electron chi connectivity index (χ3n) is 3.32. The van der Waals surface area contributed by atoms with Crippen LogP contribution in [0.2, 0.25) is 0 Å². The van der Waals surface area contributed by atoms with Crippen molar-refractivity contribution in [2.45, 2.75) is 0 Å². The second kappa shape index (κ2) is 5.65. The number of hydrogen-bond donors (Lipinski definition) is 0. The van der Waals surface area contributed by atoms with Gasteiger partial charge < -0.3 is 4.42 Å². The molecule has 0 saturated carbocycles. The van der Waals surface area contributed by atoms with Crippen LogP contribution < -0.4 is 0 Å². The Kier molecular flexibility index (Phi) is 3.53. The molecule has 0 unspecified atom stereocenters. The summed E-state index contributed by atoms with van der Waals surface area (Å²) in [6, 6.07) is 17.2. The highest BCUT2D eigenvalue weighted by atomic mass is 16.6. The van der Waals surface area contributed by atoms with Gasteiger partial charge in [0.2, 0.25) is 0 Å². The maximum atomic E-state index is 10.7. The van der Waals surface area contributed by atoms with Gasteiger partial charge in [-0.2, -0.15) is 0 Å². The van der Waals surface area contributed by atoms with Crippen molar-refractivity contribution in [1.29, 1.82) is 0 Å². The number of nitrogens with zero attached hydrogens (tertiary/aromatic N) is 1. The summed E-state index contributed by atoms with van der Waals surface area (Å²) in [6.07, 6.45) is 0.651. The van der Waals surface area contributed by atoms with Crippen LogP contribution in [0.3, 0.4) is 0 Å². The van der Waals surface area contributed by atoms with E-state index in [4.69, 9.17) is 4.42 Å². The van der Waals surface area contributed by atoms with Crippen LogP contribution >= 0.6 is 0 Å². The zero-order chi connectivity index (χ0) is 15.5. The third-order valence-corrected chi connectivity index (χ3v) is 3.32. The van der Waals surface area contributed by atoms with Crippen LogP contribution in [-0.2, 0) is 0 Å². The zero-order valence-electron chi connectivity index (χ0n) is 11.4. The van der Waals surface area contributed by atoms with Crippen LogP contribution in [0.15, 0.2) is 65.1 Å². The Balaban J connectivity index is 2.07. The lowest BCUT2D eigenvalue weighted by molar-refractivity contribution is -0.384. The fourth-order valence-electron chi connectivity index (χ4n) is 2.27. The van der Waals surface area contributed by atoms with Gasteiger partial charge in [0.05, 0.1) is 4.92 Å². The summed E-state index contributed by atoms with van der Waals surface area (Å²) >= 11 is 0. The first-order valence-corrected chi connectivity index (χ1v) is 6.58. The van der Waals surface area contributed by atoms with E-state index in [1.54, 1.807) is 24.3 Å². The summed E-state index contributed by atoms with van der Waals surface area (Å²) in [5, 5.41) is 10.7. The molecular formula is C17H11NO4. The molecule has 0 fully saturated rings. The lowest BCUT2D eigenvalue weighted by Crippen LogP contribution is -1.88. The number of hydrogen-bond acceptors (Lipinski definition) is 4. The molecule has 0 aliphatic heterocycles. The van der Waals surface area contributed by atoms with Gasteiger partial charge in [0.25, 0.3) is 5.69 Å². The van der Waals surface area contributed by atoms with Crippen LogP contribution in [0.1, 0.15) is 10.6 Å². The topological polar surface area (TPSA) is 73.3 Å². The van der Waals surface area contributed by atoms with Gasteiger partial charge in [0, 0.05) is 17.7 Å². The fourth-order valence-corrected chi connectivity index (χ4v) is 2.27. The van der Waals surface area contributed by atoms with Crippen LogP contribution in [0.5, 0.6) is 0 Å². The van der Waals surface area contributed by atoms with E-state index in [-0.39, 0.29) is 11.4 Å². The molecule has 22 heavy (non-hydrogen) atoms. The predicted molar refractivity (Wildman–Crippen MR) is 81.6 cm³/mol. The highest BCUT2D eigenvalue weighted by molar-refractivity contribution is 5.82. The SMILES string of the molecule is O=Cc1ccc(-c2ccccc2-c2ccc([N+](=O)[O-])cc2)o1. The van der Waals surface area contributed by atoms with E-state index in [9.17, 15) is 14.9 Å². The van der Waals surface area contributed by atoms with E-state index in [0.29, 0.717) is 12.0 Å². The van der Waals surface area contributed by atoms with Crippen molar-refractivity contribution in [2.75, 3.05) is 0 Å². The highest BCUT2D eigenvalue weighted by Crippen LogP contribution is 2.33. The van der Waals surface area contributed by atoms with Crippen LogP contribution in [0, 0.1) is 10.1 Å². The first kappa shape index (κ1) is 13.8. The van der Waals surface area contributed by atoms with E-state index in [1.165, 1.54) is 12.1 Å². The number of aldehydes is 1. The molecule has 0 amide bonds. The van der Waals surface area contributed by atoms with Gasteiger partial charge in [0.1, 0.15) is 5.76 Å². The maximum absolute atomic E-state index is 10.7. The number of furan rings is 1. The van der Waals surface area contributed by atoms with Gasteiger partial charge in [-0.3, -0.25) is 14.9 Å². The molecule has 0 saturated heterocycles. The van der Waals surface area contributed by atoms with E-state index in [2.05, 4.69) is 0 Å². The summed E-state index contributed by atoms with van der Waals surface area (Å²) in [5.74, 6) is 0.838. The molecule has 0 aliphatic carbocycles. The highest BCUT2D eigenvalue weighted by Gasteiger charge is 2.12. The molecule has 0 aliphatic rings. The molecule has 5 nitrogen and oxygen atoms in total. The fraction of sp³-hybridized carbons (Fsp3) is 0. The Morgan fingerprint density at radius 1 is 0.909 bits per heavy atom. The largest absolute Gasteiger partial charge is 0.453 e. The second-order valence-corrected chi connectivity index (χ2v) is 4.67. The van der Waals surface area contributed by atoms with Gasteiger partial charge >= 0.3 is 0 Å². The minimum Gasteiger partial charge on any atom is -0.453 e. The maximum Gasteiger partial charge on any atom is 0.269 e. The average molecular weight is 293 g/mol. The van der Waals surface area contributed by atoms with Crippen molar-refractivity contribution in [3.63, 3.8) is 0 Å². The van der Waals surface area contributed by atoms with Crippen molar-refractivity contribution in [3.8, 4) is 22.5 Å². The molecule has 5 heteroatoms. The molecule has 2 aromatic carbocycles. The Morgan fingerprint density at radius 2 is 1.59 bits per heavy atom. The van der Waals surface area contributed by atoms with Gasteiger partial charge in [-0.05, 0) is 35.4 Å². The van der Waals surface area contributed by atoms with Crippen LogP contribution in [0.4, 0.5) is 5.69 Å². The summed E-state index contributed by atoms with van der Waals surface area (Å²) in [5.41, 5.74) is 2.58. The standard InChI is InChI=1S/C17H11NO4/c19-11-14-9-10-17(22-14)16-4-2-1-3-15(16)12-5-7-13(8-6-12)18(20)21/h1-11H. The van der Waals surface area contributed by atoms with Crippen molar-refractivity contribution in [1.82, 2.24) is 0 Å². The van der Waals surface area contributed by atoms with Crippen molar-refractivity contribution in [3.05, 3.63) is 76.5 Å². The molecule has 0 N–H and O–H groups in total. The number of carbonyl (C=O) groups excluding carboxylic acids is 1. The summed E-state index contributed by atoms with van der Waals surface area (Å²) in [7, 11) is 0. The predicted octanol–water partition coefficient (Wildman–Crippen LogP) is 4.33. The smallest absolute Gasteiger partial charge is 0.269 e. The molecule has 108 valence electrons. The van der Waals surface area contributed by atoms with Crippen LogP contribution in [-0.4, -0.2) is 11.2 Å². The molecule has 0 atom stereocenters. The Labute approximate surface area is 126 Å². The Morgan fingerprint density at radius 3 is 2.18 bits per heavy atom. The average Bonchev–Trinajstić information content (AvgIpc) is 3.04. The van der Waals surface area contributed by atoms with E-state index in [1.807, 2.05) is 24.3 Å². The number of benzene rings is 2. The first-order chi connectivity index (χ1) is 10.7. The monoisotopic (exact) mass is 293 g/mol. The van der Waals surface area contributed by atoms with E-state index >= 15 is 0 Å². The number of rotatable bonds is 4. The van der Waals surface area contributed by atoms with E-state index in [0.717, 1.165) is 16.7 Å². The molecule has 0 spiro atoms. The molecule has 1 heterocycles. The lowest BCUT2D eigenvalue weighted by Gasteiger charge is -2.07. The van der Waals surface area contributed by atoms with Crippen molar-refractivity contribution < 1.29 is 14.1 Å². The minimum absolute atomic E-state index is 0.0440. The van der Waals surface area contributed by atoms with Crippen molar-refractivity contribution in [2.24, 2.45) is 0 Å². The lowest BCUT2D eigenvalue weighted by atomic mass is 9.98. The minimum atomic E-state index is -0.432. The first-order valence-electron chi connectivity index (χ1n) is 6.58. The quantitative estimate of drug-likeness (QED) is 0.407. The molecule has 0 bridgehead atoms. The molecule has 0 radical (unpaired) electrons. The second-order valence-electron chi connectivity index (χ2n) is 4.67. The number of nitro groups is 1. The normalized spacial score (nSPS) is 10.4. The van der Waals surface area contributed by atoms with Crippen LogP contribution in [0.25, 0.3) is 22.5 Å². The number of carbonyl (C=O) groups is 1. The van der Waals surface area contributed by atoms with Crippen molar-refractivity contribution >= 4 is 12.0 Å². The molecule has 1 aromatic heterocycles.